The third-order valence-electron chi connectivity index (χ3n) is 4.05. The summed E-state index contributed by atoms with van der Waals surface area (Å²) in [5, 5.41) is 8.55. The van der Waals surface area contributed by atoms with Crippen molar-refractivity contribution in [3.63, 3.8) is 0 Å². The molecule has 1 heterocycles. The second-order valence-electron chi connectivity index (χ2n) is 5.48. The second-order valence-corrected chi connectivity index (χ2v) is 6.42. The fourth-order valence-corrected chi connectivity index (χ4v) is 4.01. The van der Waals surface area contributed by atoms with Gasteiger partial charge in [-0.3, -0.25) is 0 Å². The lowest BCUT2D eigenvalue weighted by Gasteiger charge is -2.22. The fourth-order valence-electron chi connectivity index (χ4n) is 3.00. The Morgan fingerprint density at radius 1 is 1.00 bits per heavy atom. The van der Waals surface area contributed by atoms with E-state index in [2.05, 4.69) is 73.9 Å². The summed E-state index contributed by atoms with van der Waals surface area (Å²) < 4.78 is 0. The van der Waals surface area contributed by atoms with Crippen molar-refractivity contribution in [2.45, 2.75) is 26.8 Å². The second kappa shape index (κ2) is 6.00. The minimum Gasteiger partial charge on any atom is -0.306 e. The number of nitrogens with one attached hydrogen (secondary N) is 1. The van der Waals surface area contributed by atoms with Gasteiger partial charge in [0.15, 0.2) is 0 Å². The summed E-state index contributed by atoms with van der Waals surface area (Å²) in [7, 11) is 0. The Hall–Kier alpha value is -1.64. The van der Waals surface area contributed by atoms with Gasteiger partial charge in [-0.2, -0.15) is 0 Å². The van der Waals surface area contributed by atoms with Gasteiger partial charge < -0.3 is 5.32 Å². The maximum atomic E-state index is 3.69. The first kappa shape index (κ1) is 14.3. The van der Waals surface area contributed by atoms with Crippen LogP contribution >= 0.6 is 11.3 Å². The maximum Gasteiger partial charge on any atom is 0.0682 e. The predicted octanol–water partition coefficient (Wildman–Crippen LogP) is 5.22. The quantitative estimate of drug-likeness (QED) is 0.696. The van der Waals surface area contributed by atoms with E-state index >= 15 is 0 Å². The van der Waals surface area contributed by atoms with Crippen LogP contribution in [-0.2, 0) is 0 Å². The number of thiophene rings is 1. The Labute approximate surface area is 130 Å². The normalized spacial score (nSPS) is 12.7. The van der Waals surface area contributed by atoms with Crippen molar-refractivity contribution in [2.75, 3.05) is 6.54 Å². The summed E-state index contributed by atoms with van der Waals surface area (Å²) in [5.74, 6) is 0. The minimum atomic E-state index is 0.279. The highest BCUT2D eigenvalue weighted by Gasteiger charge is 2.20. The molecule has 0 saturated heterocycles. The van der Waals surface area contributed by atoms with E-state index in [0.29, 0.717) is 0 Å². The van der Waals surface area contributed by atoms with Gasteiger partial charge in [-0.05, 0) is 59.3 Å². The van der Waals surface area contributed by atoms with Crippen LogP contribution in [-0.4, -0.2) is 6.54 Å². The van der Waals surface area contributed by atoms with Crippen LogP contribution in [0.15, 0.2) is 47.8 Å². The lowest BCUT2D eigenvalue weighted by Crippen LogP contribution is -2.22. The largest absolute Gasteiger partial charge is 0.306 e. The number of rotatable bonds is 4. The molecule has 0 aliphatic rings. The molecular formula is C19H21NS. The third kappa shape index (κ3) is 2.61. The standard InChI is InChI=1S/C19H21NS/c1-4-20-18(19-14(3)11-12-21-19)17-13(2)9-10-15-7-5-6-8-16(15)17/h5-12,18,20H,4H2,1-3H3. The predicted molar refractivity (Wildman–Crippen MR) is 93.3 cm³/mol. The first-order valence-corrected chi connectivity index (χ1v) is 8.36. The van der Waals surface area contributed by atoms with Crippen LogP contribution in [0.25, 0.3) is 10.8 Å². The Morgan fingerprint density at radius 2 is 1.81 bits per heavy atom. The molecule has 0 bridgehead atoms. The molecule has 108 valence electrons. The molecule has 3 aromatic rings. The minimum absolute atomic E-state index is 0.279. The van der Waals surface area contributed by atoms with Crippen molar-refractivity contribution in [3.05, 3.63) is 69.4 Å². The first-order valence-electron chi connectivity index (χ1n) is 7.48. The molecule has 0 saturated carbocycles. The van der Waals surface area contributed by atoms with Crippen molar-refractivity contribution in [3.8, 4) is 0 Å². The van der Waals surface area contributed by atoms with Gasteiger partial charge in [-0.25, -0.2) is 0 Å². The highest BCUT2D eigenvalue weighted by molar-refractivity contribution is 7.10. The number of hydrogen-bond acceptors (Lipinski definition) is 2. The van der Waals surface area contributed by atoms with Crippen molar-refractivity contribution >= 4 is 22.1 Å². The zero-order valence-electron chi connectivity index (χ0n) is 12.8. The number of fused-ring (bicyclic) bond motifs is 1. The average Bonchev–Trinajstić information content (AvgIpc) is 2.91. The van der Waals surface area contributed by atoms with Crippen LogP contribution in [0.5, 0.6) is 0 Å². The molecule has 1 unspecified atom stereocenters. The van der Waals surface area contributed by atoms with Gasteiger partial charge in [0.05, 0.1) is 6.04 Å². The Morgan fingerprint density at radius 3 is 2.52 bits per heavy atom. The summed E-state index contributed by atoms with van der Waals surface area (Å²) in [6.07, 6.45) is 0. The van der Waals surface area contributed by atoms with Gasteiger partial charge in [0.25, 0.3) is 0 Å². The molecule has 2 heteroatoms. The molecule has 0 aliphatic carbocycles. The molecule has 0 spiro atoms. The molecule has 1 aromatic heterocycles. The van der Waals surface area contributed by atoms with Gasteiger partial charge in [0, 0.05) is 4.88 Å². The van der Waals surface area contributed by atoms with Crippen LogP contribution < -0.4 is 5.32 Å². The van der Waals surface area contributed by atoms with Crippen LogP contribution in [0.2, 0.25) is 0 Å². The highest BCUT2D eigenvalue weighted by atomic mass is 32.1. The van der Waals surface area contributed by atoms with Crippen LogP contribution in [0, 0.1) is 13.8 Å². The summed E-state index contributed by atoms with van der Waals surface area (Å²) in [6, 6.07) is 15.6. The van der Waals surface area contributed by atoms with Crippen LogP contribution in [0.1, 0.15) is 34.5 Å². The van der Waals surface area contributed by atoms with Gasteiger partial charge >= 0.3 is 0 Å². The molecule has 1 N–H and O–H groups in total. The van der Waals surface area contributed by atoms with Crippen LogP contribution in [0.3, 0.4) is 0 Å². The molecule has 0 amide bonds. The van der Waals surface area contributed by atoms with E-state index in [-0.39, 0.29) is 6.04 Å². The zero-order valence-corrected chi connectivity index (χ0v) is 13.6. The average molecular weight is 295 g/mol. The van der Waals surface area contributed by atoms with E-state index in [4.69, 9.17) is 0 Å². The molecule has 0 fully saturated rings. The lowest BCUT2D eigenvalue weighted by atomic mass is 9.92. The van der Waals surface area contributed by atoms with E-state index in [1.54, 1.807) is 0 Å². The lowest BCUT2D eigenvalue weighted by molar-refractivity contribution is 0.638. The molecule has 21 heavy (non-hydrogen) atoms. The summed E-state index contributed by atoms with van der Waals surface area (Å²) >= 11 is 1.85. The third-order valence-corrected chi connectivity index (χ3v) is 5.13. The Kier molecular flexibility index (Phi) is 4.09. The fraction of sp³-hybridized carbons (Fsp3) is 0.263. The summed E-state index contributed by atoms with van der Waals surface area (Å²) in [4.78, 5) is 1.43. The Balaban J connectivity index is 2.24. The molecule has 3 rings (SSSR count). The number of benzene rings is 2. The smallest absolute Gasteiger partial charge is 0.0682 e. The molecule has 1 nitrogen and oxygen atoms in total. The molecule has 2 aromatic carbocycles. The van der Waals surface area contributed by atoms with Crippen molar-refractivity contribution < 1.29 is 0 Å². The van der Waals surface area contributed by atoms with E-state index in [0.717, 1.165) is 6.54 Å². The van der Waals surface area contributed by atoms with Gasteiger partial charge in [-0.1, -0.05) is 43.3 Å². The number of aryl methyl sites for hydroxylation is 2. The van der Waals surface area contributed by atoms with Crippen molar-refractivity contribution in [1.82, 2.24) is 5.32 Å². The Bertz CT molecular complexity index is 757. The van der Waals surface area contributed by atoms with E-state index in [9.17, 15) is 0 Å². The zero-order chi connectivity index (χ0) is 14.8. The van der Waals surface area contributed by atoms with E-state index < -0.39 is 0 Å². The first-order chi connectivity index (χ1) is 10.2. The highest BCUT2D eigenvalue weighted by Crippen LogP contribution is 2.35. The van der Waals surface area contributed by atoms with Gasteiger partial charge in [-0.15, -0.1) is 11.3 Å². The van der Waals surface area contributed by atoms with Gasteiger partial charge in [0.1, 0.15) is 0 Å². The van der Waals surface area contributed by atoms with Crippen molar-refractivity contribution in [1.29, 1.82) is 0 Å². The maximum absolute atomic E-state index is 3.69. The molecule has 1 atom stereocenters. The monoisotopic (exact) mass is 295 g/mol. The van der Waals surface area contributed by atoms with Crippen LogP contribution in [0.4, 0.5) is 0 Å². The molecule has 0 aliphatic heterocycles. The topological polar surface area (TPSA) is 12.0 Å². The molecular weight excluding hydrogens is 274 g/mol. The summed E-state index contributed by atoms with van der Waals surface area (Å²) in [5.41, 5.74) is 4.14. The van der Waals surface area contributed by atoms with E-state index in [1.165, 1.54) is 32.3 Å². The van der Waals surface area contributed by atoms with Gasteiger partial charge in [0.2, 0.25) is 0 Å². The van der Waals surface area contributed by atoms with Crippen molar-refractivity contribution in [2.24, 2.45) is 0 Å². The summed E-state index contributed by atoms with van der Waals surface area (Å²) in [6.45, 7) is 7.56. The SMILES string of the molecule is CCNC(c1sccc1C)c1c(C)ccc2ccccc12. The molecule has 0 radical (unpaired) electrons. The number of hydrogen-bond donors (Lipinski definition) is 1. The van der Waals surface area contributed by atoms with E-state index in [1.807, 2.05) is 11.3 Å².